The molecular weight excluding hydrogens is 156 g/mol. The minimum absolute atomic E-state index is 0. The van der Waals surface area contributed by atoms with E-state index in [0.717, 1.165) is 0 Å². The highest BCUT2D eigenvalue weighted by molar-refractivity contribution is 5.96. The highest BCUT2D eigenvalue weighted by Crippen LogP contribution is 2.06. The van der Waals surface area contributed by atoms with E-state index < -0.39 is 0 Å². The van der Waals surface area contributed by atoms with Gasteiger partial charge in [0.05, 0.1) is 17.5 Å². The van der Waals surface area contributed by atoms with Crippen molar-refractivity contribution in [2.24, 2.45) is 0 Å². The van der Waals surface area contributed by atoms with Crippen molar-refractivity contribution in [1.82, 2.24) is 10.2 Å². The quantitative estimate of drug-likeness (QED) is 0.684. The summed E-state index contributed by atoms with van der Waals surface area (Å²) in [6.45, 7) is 2.93. The number of Topliss-reactive ketones (excluding diaryl/α,β-unsaturated/α-hetero) is 2. The van der Waals surface area contributed by atoms with E-state index in [2.05, 4.69) is 10.2 Å². The lowest BCUT2D eigenvalue weighted by Gasteiger charge is -1.94. The molecule has 1 N–H and O–H groups in total. The summed E-state index contributed by atoms with van der Waals surface area (Å²) >= 11 is 0. The summed E-state index contributed by atoms with van der Waals surface area (Å²) in [6.07, 6.45) is 1.69. The fraction of sp³-hybridized carbons (Fsp3) is 0.375. The van der Waals surface area contributed by atoms with Gasteiger partial charge in [0, 0.05) is 7.85 Å². The second kappa shape index (κ2) is 3.30. The molecule has 12 heavy (non-hydrogen) atoms. The van der Waals surface area contributed by atoms with Crippen LogP contribution in [0.3, 0.4) is 0 Å². The molecule has 0 aromatic carbocycles. The molecule has 0 radical (unpaired) electrons. The molecule has 0 aliphatic heterocycles. The molecule has 0 amide bonds. The molecule has 0 fully saturated rings. The highest BCUT2D eigenvalue weighted by Gasteiger charge is 2.10. The van der Waals surface area contributed by atoms with Crippen molar-refractivity contribution < 1.29 is 11.0 Å². The van der Waals surface area contributed by atoms with E-state index in [4.69, 9.17) is 0 Å². The first-order chi connectivity index (χ1) is 5.61. The number of aromatic nitrogens is 2. The molecule has 1 aromatic heterocycles. The van der Waals surface area contributed by atoms with Gasteiger partial charge in [-0.05, 0) is 13.8 Å². The number of hydrogen-bond donors (Lipinski definition) is 1. The Morgan fingerprint density at radius 1 is 1.58 bits per heavy atom. The molecule has 4 nitrogen and oxygen atoms in total. The minimum Gasteiger partial charge on any atom is -0.300 e. The normalized spacial score (nSPS) is 9.83. The number of carbonyl (C=O) groups excluding carboxylic acids is 2. The molecule has 0 atom stereocenters. The van der Waals surface area contributed by atoms with Gasteiger partial charge in [-0.2, -0.15) is 5.10 Å². The molecular formula is C8H12N2O2. The standard InChI is InChI=1S/C8H10N2O2.H2/c1-5(11)3-8-7(6(2)12)4-9-10-8;/h4H,3H2,1-2H3,(H,9,10);1H. The van der Waals surface area contributed by atoms with E-state index in [1.165, 1.54) is 20.0 Å². The Morgan fingerprint density at radius 2 is 2.25 bits per heavy atom. The van der Waals surface area contributed by atoms with Gasteiger partial charge >= 0.3 is 0 Å². The molecule has 0 bridgehead atoms. The Kier molecular flexibility index (Phi) is 2.38. The maximum Gasteiger partial charge on any atom is 0.163 e. The molecule has 4 heteroatoms. The number of rotatable bonds is 3. The topological polar surface area (TPSA) is 62.8 Å². The SMILES string of the molecule is CC(=O)Cc1[nH]ncc1C(C)=O.[HH]. The van der Waals surface area contributed by atoms with Gasteiger partial charge in [-0.1, -0.05) is 0 Å². The van der Waals surface area contributed by atoms with Gasteiger partial charge in [-0.3, -0.25) is 14.7 Å². The Labute approximate surface area is 71.5 Å². The third-order valence-corrected chi connectivity index (χ3v) is 1.52. The molecule has 0 unspecified atom stereocenters. The largest absolute Gasteiger partial charge is 0.300 e. The van der Waals surface area contributed by atoms with Gasteiger partial charge in [0.25, 0.3) is 0 Å². The van der Waals surface area contributed by atoms with E-state index in [1.54, 1.807) is 0 Å². The van der Waals surface area contributed by atoms with Gasteiger partial charge in [0.1, 0.15) is 5.78 Å². The van der Waals surface area contributed by atoms with Crippen LogP contribution < -0.4 is 0 Å². The summed E-state index contributed by atoms with van der Waals surface area (Å²) in [4.78, 5) is 21.7. The number of carbonyl (C=O) groups is 2. The molecule has 0 aliphatic rings. The maximum atomic E-state index is 10.9. The van der Waals surface area contributed by atoms with Crippen LogP contribution in [0.15, 0.2) is 6.20 Å². The lowest BCUT2D eigenvalue weighted by molar-refractivity contribution is -0.116. The smallest absolute Gasteiger partial charge is 0.163 e. The van der Waals surface area contributed by atoms with Crippen LogP contribution in [-0.4, -0.2) is 21.8 Å². The Balaban J connectivity index is 0.00000144. The van der Waals surface area contributed by atoms with E-state index >= 15 is 0 Å². The Hall–Kier alpha value is -1.45. The van der Waals surface area contributed by atoms with Gasteiger partial charge in [0.2, 0.25) is 0 Å². The Morgan fingerprint density at radius 3 is 2.75 bits per heavy atom. The van der Waals surface area contributed by atoms with Crippen molar-refractivity contribution in [3.05, 3.63) is 17.5 Å². The predicted octanol–water partition coefficient (Wildman–Crippen LogP) is 0.990. The zero-order valence-corrected chi connectivity index (χ0v) is 7.05. The summed E-state index contributed by atoms with van der Waals surface area (Å²) in [5.41, 5.74) is 1.11. The summed E-state index contributed by atoms with van der Waals surface area (Å²) < 4.78 is 0. The number of aromatic amines is 1. The second-order valence-corrected chi connectivity index (χ2v) is 2.70. The molecule has 1 rings (SSSR count). The van der Waals surface area contributed by atoms with Crippen LogP contribution in [0.2, 0.25) is 0 Å². The van der Waals surface area contributed by atoms with E-state index in [0.29, 0.717) is 11.3 Å². The van der Waals surface area contributed by atoms with Crippen LogP contribution >= 0.6 is 0 Å². The first-order valence-electron chi connectivity index (χ1n) is 3.64. The summed E-state index contributed by atoms with van der Waals surface area (Å²) in [7, 11) is 0. The fourth-order valence-electron chi connectivity index (χ4n) is 1.000. The Bertz CT molecular complexity index is 320. The lowest BCUT2D eigenvalue weighted by atomic mass is 10.1. The third kappa shape index (κ3) is 1.78. The number of nitrogens with zero attached hydrogens (tertiary/aromatic N) is 1. The van der Waals surface area contributed by atoms with Gasteiger partial charge in [0.15, 0.2) is 5.78 Å². The van der Waals surface area contributed by atoms with Gasteiger partial charge in [-0.15, -0.1) is 0 Å². The zero-order chi connectivity index (χ0) is 9.14. The first-order valence-corrected chi connectivity index (χ1v) is 3.64. The number of ketones is 2. The molecule has 0 saturated carbocycles. The van der Waals surface area contributed by atoms with Crippen molar-refractivity contribution in [3.8, 4) is 0 Å². The van der Waals surface area contributed by atoms with Crippen molar-refractivity contribution in [3.63, 3.8) is 0 Å². The lowest BCUT2D eigenvalue weighted by Crippen LogP contribution is -2.02. The molecule has 0 spiro atoms. The average molecular weight is 168 g/mol. The summed E-state index contributed by atoms with van der Waals surface area (Å²) in [6, 6.07) is 0. The van der Waals surface area contributed by atoms with Crippen LogP contribution in [0.4, 0.5) is 0 Å². The zero-order valence-electron chi connectivity index (χ0n) is 7.05. The van der Waals surface area contributed by atoms with Crippen LogP contribution in [0.5, 0.6) is 0 Å². The number of nitrogens with one attached hydrogen (secondary N) is 1. The van der Waals surface area contributed by atoms with Crippen molar-refractivity contribution >= 4 is 11.6 Å². The van der Waals surface area contributed by atoms with E-state index in [-0.39, 0.29) is 19.4 Å². The predicted molar refractivity (Wildman–Crippen MR) is 45.1 cm³/mol. The highest BCUT2D eigenvalue weighted by atomic mass is 16.1. The van der Waals surface area contributed by atoms with Gasteiger partial charge < -0.3 is 0 Å². The second-order valence-electron chi connectivity index (χ2n) is 2.70. The monoisotopic (exact) mass is 168 g/mol. The number of hydrogen-bond acceptors (Lipinski definition) is 3. The minimum atomic E-state index is -0.0694. The van der Waals surface area contributed by atoms with E-state index in [1.807, 2.05) is 0 Å². The van der Waals surface area contributed by atoms with Gasteiger partial charge in [-0.25, -0.2) is 0 Å². The summed E-state index contributed by atoms with van der Waals surface area (Å²) in [5, 5.41) is 6.33. The van der Waals surface area contributed by atoms with E-state index in [9.17, 15) is 9.59 Å². The van der Waals surface area contributed by atoms with Crippen LogP contribution in [0.25, 0.3) is 0 Å². The van der Waals surface area contributed by atoms with Crippen molar-refractivity contribution in [2.45, 2.75) is 20.3 Å². The van der Waals surface area contributed by atoms with Crippen LogP contribution in [0, 0.1) is 0 Å². The molecule has 0 aliphatic carbocycles. The summed E-state index contributed by atoms with van der Waals surface area (Å²) in [5.74, 6) is -0.0539. The first kappa shape index (κ1) is 8.64. The molecule has 1 aromatic rings. The van der Waals surface area contributed by atoms with Crippen LogP contribution in [0.1, 0.15) is 31.3 Å². The molecule has 0 saturated heterocycles. The van der Waals surface area contributed by atoms with Crippen molar-refractivity contribution in [2.75, 3.05) is 0 Å². The molecule has 1 heterocycles. The van der Waals surface area contributed by atoms with Crippen molar-refractivity contribution in [1.29, 1.82) is 0 Å². The fourth-order valence-corrected chi connectivity index (χ4v) is 1.000. The average Bonchev–Trinajstić information content (AvgIpc) is 2.33. The maximum absolute atomic E-state index is 10.9. The van der Waals surface area contributed by atoms with Crippen LogP contribution in [-0.2, 0) is 11.2 Å². The number of H-pyrrole nitrogens is 1. The molecule has 66 valence electrons. The third-order valence-electron chi connectivity index (χ3n) is 1.52.